The molecule has 0 aliphatic carbocycles. The molecule has 0 spiro atoms. The van der Waals surface area contributed by atoms with Crippen molar-refractivity contribution in [1.29, 1.82) is 0 Å². The highest BCUT2D eigenvalue weighted by Crippen LogP contribution is 2.23. The molecule has 2 rings (SSSR count). The van der Waals surface area contributed by atoms with Crippen molar-refractivity contribution in [2.45, 2.75) is 6.61 Å². The molecule has 0 unspecified atom stereocenters. The second-order valence-electron chi connectivity index (χ2n) is 4.03. The minimum Gasteiger partial charge on any atom is -0.489 e. The Balaban J connectivity index is 2.11. The maximum Gasteiger partial charge on any atom is 0.132 e. The van der Waals surface area contributed by atoms with Crippen LogP contribution in [0.1, 0.15) is 11.1 Å². The molecule has 2 nitrogen and oxygen atoms in total. The van der Waals surface area contributed by atoms with Crippen molar-refractivity contribution in [2.75, 3.05) is 0 Å². The monoisotopic (exact) mass is 313 g/mol. The van der Waals surface area contributed by atoms with Gasteiger partial charge in [-0.1, -0.05) is 23.8 Å². The zero-order valence-electron chi connectivity index (χ0n) is 10.2. The van der Waals surface area contributed by atoms with Gasteiger partial charge < -0.3 is 10.5 Å². The fraction of sp³-hybridized carbons (Fsp3) is 0.0714. The van der Waals surface area contributed by atoms with E-state index in [2.05, 4.69) is 0 Å². The normalized spacial score (nSPS) is 10.3. The third-order valence-corrected chi connectivity index (χ3v) is 3.15. The summed E-state index contributed by atoms with van der Waals surface area (Å²) in [5, 5.41) is 0.356. The Morgan fingerprint density at radius 3 is 2.55 bits per heavy atom. The van der Waals surface area contributed by atoms with Crippen molar-refractivity contribution in [3.8, 4) is 5.75 Å². The summed E-state index contributed by atoms with van der Waals surface area (Å²) in [6.07, 6.45) is 0. The summed E-state index contributed by atoms with van der Waals surface area (Å²) in [7, 11) is 0. The number of ether oxygens (including phenoxy) is 1. The molecule has 0 fully saturated rings. The first-order valence-electron chi connectivity index (χ1n) is 5.63. The molecule has 2 aromatic carbocycles. The second kappa shape index (κ2) is 6.15. The van der Waals surface area contributed by atoms with Crippen molar-refractivity contribution in [1.82, 2.24) is 0 Å². The number of thiocarbonyl (C=S) groups is 1. The van der Waals surface area contributed by atoms with Gasteiger partial charge in [0.2, 0.25) is 0 Å². The van der Waals surface area contributed by atoms with Crippen molar-refractivity contribution in [3.05, 3.63) is 64.2 Å². The quantitative estimate of drug-likeness (QED) is 0.871. The van der Waals surface area contributed by atoms with Gasteiger partial charge in [0.05, 0.1) is 5.02 Å². The minimum atomic E-state index is -0.657. The maximum absolute atomic E-state index is 13.4. The molecule has 0 aliphatic heterocycles. The first-order valence-corrected chi connectivity index (χ1v) is 6.42. The molecule has 0 amide bonds. The standard InChI is InChI=1S/C14H10ClF2NOS/c15-12-6-10(3-4-11(12)14(18)20)19-7-8-1-2-9(16)5-13(8)17/h1-6H,7H2,(H2,18,20). The summed E-state index contributed by atoms with van der Waals surface area (Å²) in [5.41, 5.74) is 6.28. The average molecular weight is 314 g/mol. The number of benzene rings is 2. The molecule has 0 bridgehead atoms. The van der Waals surface area contributed by atoms with E-state index in [9.17, 15) is 8.78 Å². The lowest BCUT2D eigenvalue weighted by Gasteiger charge is -2.09. The predicted octanol–water partition coefficient (Wildman–Crippen LogP) is 3.83. The third kappa shape index (κ3) is 3.43. The van der Waals surface area contributed by atoms with Crippen LogP contribution >= 0.6 is 23.8 Å². The van der Waals surface area contributed by atoms with Gasteiger partial charge in [0.15, 0.2) is 0 Å². The molecule has 0 saturated carbocycles. The molecule has 0 heterocycles. The van der Waals surface area contributed by atoms with E-state index in [4.69, 9.17) is 34.3 Å². The topological polar surface area (TPSA) is 35.2 Å². The van der Waals surface area contributed by atoms with E-state index in [1.54, 1.807) is 12.1 Å². The fourth-order valence-corrected chi connectivity index (χ4v) is 2.09. The number of hydrogen-bond acceptors (Lipinski definition) is 2. The van der Waals surface area contributed by atoms with E-state index in [-0.39, 0.29) is 17.2 Å². The van der Waals surface area contributed by atoms with Gasteiger partial charge in [0, 0.05) is 17.2 Å². The van der Waals surface area contributed by atoms with Gasteiger partial charge in [-0.3, -0.25) is 0 Å². The molecule has 0 saturated heterocycles. The summed E-state index contributed by atoms with van der Waals surface area (Å²) < 4.78 is 31.6. The van der Waals surface area contributed by atoms with Crippen LogP contribution in [0, 0.1) is 11.6 Å². The Kier molecular flexibility index (Phi) is 4.52. The lowest BCUT2D eigenvalue weighted by molar-refractivity contribution is 0.299. The largest absolute Gasteiger partial charge is 0.489 e. The van der Waals surface area contributed by atoms with Crippen LogP contribution in [-0.2, 0) is 6.61 Å². The van der Waals surface area contributed by atoms with Crippen molar-refractivity contribution in [2.24, 2.45) is 5.73 Å². The molecule has 104 valence electrons. The highest BCUT2D eigenvalue weighted by atomic mass is 35.5. The Labute approximate surface area is 125 Å². The van der Waals surface area contributed by atoms with Crippen LogP contribution in [0.2, 0.25) is 5.02 Å². The van der Waals surface area contributed by atoms with Crippen LogP contribution in [0.3, 0.4) is 0 Å². The summed E-state index contributed by atoms with van der Waals surface area (Å²) in [4.78, 5) is 0.186. The van der Waals surface area contributed by atoms with Crippen LogP contribution in [0.15, 0.2) is 36.4 Å². The highest BCUT2D eigenvalue weighted by Gasteiger charge is 2.07. The zero-order chi connectivity index (χ0) is 14.7. The van der Waals surface area contributed by atoms with Gasteiger partial charge in [-0.2, -0.15) is 0 Å². The van der Waals surface area contributed by atoms with E-state index in [0.29, 0.717) is 16.3 Å². The van der Waals surface area contributed by atoms with Gasteiger partial charge >= 0.3 is 0 Å². The average Bonchev–Trinajstić information content (AvgIpc) is 2.37. The summed E-state index contributed by atoms with van der Waals surface area (Å²) in [5.74, 6) is -0.843. The number of rotatable bonds is 4. The van der Waals surface area contributed by atoms with E-state index >= 15 is 0 Å². The van der Waals surface area contributed by atoms with Crippen molar-refractivity contribution in [3.63, 3.8) is 0 Å². The molecule has 0 radical (unpaired) electrons. The molecular formula is C14H10ClF2NOS. The summed E-state index contributed by atoms with van der Waals surface area (Å²) in [6.45, 7) is -0.0329. The Morgan fingerprint density at radius 1 is 1.20 bits per heavy atom. The van der Waals surface area contributed by atoms with E-state index < -0.39 is 11.6 Å². The highest BCUT2D eigenvalue weighted by molar-refractivity contribution is 7.80. The van der Waals surface area contributed by atoms with Crippen molar-refractivity contribution < 1.29 is 13.5 Å². The molecule has 20 heavy (non-hydrogen) atoms. The Hall–Kier alpha value is -1.72. The van der Waals surface area contributed by atoms with Crippen LogP contribution in [-0.4, -0.2) is 4.99 Å². The van der Waals surface area contributed by atoms with Gasteiger partial charge in [-0.05, 0) is 30.3 Å². The lowest BCUT2D eigenvalue weighted by atomic mass is 10.2. The second-order valence-corrected chi connectivity index (χ2v) is 4.88. The number of nitrogens with two attached hydrogens (primary N) is 1. The maximum atomic E-state index is 13.4. The number of hydrogen-bond donors (Lipinski definition) is 1. The Morgan fingerprint density at radius 2 is 1.95 bits per heavy atom. The number of halogens is 3. The third-order valence-electron chi connectivity index (χ3n) is 2.62. The predicted molar refractivity (Wildman–Crippen MR) is 78.0 cm³/mol. The van der Waals surface area contributed by atoms with E-state index in [0.717, 1.165) is 6.07 Å². The molecule has 0 atom stereocenters. The lowest BCUT2D eigenvalue weighted by Crippen LogP contribution is -2.10. The molecule has 0 aromatic heterocycles. The molecule has 0 aliphatic rings. The van der Waals surface area contributed by atoms with Gasteiger partial charge in [-0.15, -0.1) is 0 Å². The fourth-order valence-electron chi connectivity index (χ4n) is 1.59. The summed E-state index contributed by atoms with van der Waals surface area (Å²) in [6, 6.07) is 8.10. The molecular weight excluding hydrogens is 304 g/mol. The summed E-state index contributed by atoms with van der Waals surface area (Å²) >= 11 is 10.8. The SMILES string of the molecule is NC(=S)c1ccc(OCc2ccc(F)cc2F)cc1Cl. The minimum absolute atomic E-state index is 0.0329. The Bertz CT molecular complexity index is 664. The molecule has 6 heteroatoms. The smallest absolute Gasteiger partial charge is 0.132 e. The van der Waals surface area contributed by atoms with Gasteiger partial charge in [0.1, 0.15) is 29.0 Å². The van der Waals surface area contributed by atoms with E-state index in [1.165, 1.54) is 18.2 Å². The first-order chi connectivity index (χ1) is 9.47. The van der Waals surface area contributed by atoms with Crippen LogP contribution in [0.4, 0.5) is 8.78 Å². The van der Waals surface area contributed by atoms with Crippen LogP contribution in [0.5, 0.6) is 5.75 Å². The zero-order valence-corrected chi connectivity index (χ0v) is 11.8. The van der Waals surface area contributed by atoms with Gasteiger partial charge in [0.25, 0.3) is 0 Å². The first kappa shape index (κ1) is 14.7. The molecule has 2 N–H and O–H groups in total. The van der Waals surface area contributed by atoms with Crippen molar-refractivity contribution >= 4 is 28.8 Å². The van der Waals surface area contributed by atoms with E-state index in [1.807, 2.05) is 0 Å². The molecule has 2 aromatic rings. The van der Waals surface area contributed by atoms with Crippen LogP contribution in [0.25, 0.3) is 0 Å². The van der Waals surface area contributed by atoms with Crippen LogP contribution < -0.4 is 10.5 Å². The van der Waals surface area contributed by atoms with Gasteiger partial charge in [-0.25, -0.2) is 8.78 Å².